The van der Waals surface area contributed by atoms with E-state index in [0.717, 1.165) is 0 Å². The third kappa shape index (κ3) is 2.00. The molecule has 16 heavy (non-hydrogen) atoms. The highest BCUT2D eigenvalue weighted by molar-refractivity contribution is 7.99. The van der Waals surface area contributed by atoms with E-state index in [0.29, 0.717) is 28.3 Å². The van der Waals surface area contributed by atoms with Crippen molar-refractivity contribution in [1.29, 1.82) is 0 Å². The van der Waals surface area contributed by atoms with Gasteiger partial charge in [-0.3, -0.25) is 10.1 Å². The Morgan fingerprint density at radius 2 is 2.38 bits per heavy atom. The Hall–Kier alpha value is -1.60. The van der Waals surface area contributed by atoms with Crippen LogP contribution in [0.2, 0.25) is 0 Å². The Balaban J connectivity index is 2.43. The first-order valence-electron chi connectivity index (χ1n) is 4.59. The van der Waals surface area contributed by atoms with E-state index >= 15 is 0 Å². The van der Waals surface area contributed by atoms with Gasteiger partial charge in [0, 0.05) is 24.4 Å². The van der Waals surface area contributed by atoms with Crippen molar-refractivity contribution < 1.29 is 9.45 Å². The molecule has 6 nitrogen and oxygen atoms in total. The number of aromatic nitrogens is 1. The highest BCUT2D eigenvalue weighted by Crippen LogP contribution is 2.29. The van der Waals surface area contributed by atoms with Crippen LogP contribution in [0.15, 0.2) is 27.7 Å². The van der Waals surface area contributed by atoms with E-state index in [4.69, 9.17) is 10.3 Å². The van der Waals surface area contributed by atoms with Gasteiger partial charge in [-0.25, -0.2) is 0 Å². The highest BCUT2D eigenvalue weighted by Gasteiger charge is 2.13. The summed E-state index contributed by atoms with van der Waals surface area (Å²) in [5.41, 5.74) is 5.96. The van der Waals surface area contributed by atoms with Crippen LogP contribution in [0, 0.1) is 10.1 Å². The number of rotatable bonds is 4. The molecule has 2 rings (SSSR count). The summed E-state index contributed by atoms with van der Waals surface area (Å²) in [6.07, 6.45) is 0. The molecule has 0 atom stereocenters. The maximum absolute atomic E-state index is 10.6. The van der Waals surface area contributed by atoms with Crippen molar-refractivity contribution in [3.63, 3.8) is 0 Å². The minimum atomic E-state index is -0.441. The molecular weight excluding hydrogens is 230 g/mol. The van der Waals surface area contributed by atoms with Crippen molar-refractivity contribution in [3.8, 4) is 0 Å². The van der Waals surface area contributed by atoms with Crippen molar-refractivity contribution in [2.24, 2.45) is 5.73 Å². The molecule has 0 spiro atoms. The number of nitro benzene ring substituents is 1. The number of hydrogen-bond acceptors (Lipinski definition) is 6. The van der Waals surface area contributed by atoms with Gasteiger partial charge in [0.25, 0.3) is 5.69 Å². The zero-order valence-electron chi connectivity index (χ0n) is 8.25. The van der Waals surface area contributed by atoms with Gasteiger partial charge >= 0.3 is 0 Å². The monoisotopic (exact) mass is 239 g/mol. The van der Waals surface area contributed by atoms with Crippen LogP contribution < -0.4 is 5.73 Å². The van der Waals surface area contributed by atoms with E-state index in [1.165, 1.54) is 23.9 Å². The van der Waals surface area contributed by atoms with E-state index < -0.39 is 4.92 Å². The summed E-state index contributed by atoms with van der Waals surface area (Å²) >= 11 is 1.42. The number of nitro groups is 1. The van der Waals surface area contributed by atoms with Gasteiger partial charge in [-0.1, -0.05) is 5.16 Å². The molecule has 0 fully saturated rings. The smallest absolute Gasteiger partial charge is 0.270 e. The highest BCUT2D eigenvalue weighted by atomic mass is 32.2. The van der Waals surface area contributed by atoms with Gasteiger partial charge in [0.15, 0.2) is 5.58 Å². The van der Waals surface area contributed by atoms with Gasteiger partial charge in [0.1, 0.15) is 5.03 Å². The topological polar surface area (TPSA) is 95.2 Å². The van der Waals surface area contributed by atoms with E-state index in [2.05, 4.69) is 5.16 Å². The largest absolute Gasteiger partial charge is 0.355 e. The van der Waals surface area contributed by atoms with E-state index in [-0.39, 0.29) is 5.69 Å². The van der Waals surface area contributed by atoms with Crippen LogP contribution in [0.5, 0.6) is 0 Å². The van der Waals surface area contributed by atoms with Gasteiger partial charge in [0.2, 0.25) is 0 Å². The molecule has 2 aromatic rings. The molecule has 0 radical (unpaired) electrons. The van der Waals surface area contributed by atoms with Crippen molar-refractivity contribution in [2.45, 2.75) is 5.03 Å². The molecule has 2 N–H and O–H groups in total. The Morgan fingerprint density at radius 1 is 1.56 bits per heavy atom. The van der Waals surface area contributed by atoms with Gasteiger partial charge in [-0.2, -0.15) is 0 Å². The average molecular weight is 239 g/mol. The molecule has 1 heterocycles. The normalized spacial score (nSPS) is 10.8. The van der Waals surface area contributed by atoms with Crippen LogP contribution in [0.1, 0.15) is 0 Å². The lowest BCUT2D eigenvalue weighted by molar-refractivity contribution is -0.384. The lowest BCUT2D eigenvalue weighted by atomic mass is 10.2. The minimum Gasteiger partial charge on any atom is -0.355 e. The van der Waals surface area contributed by atoms with Crippen molar-refractivity contribution in [3.05, 3.63) is 28.3 Å². The summed E-state index contributed by atoms with van der Waals surface area (Å²) in [6, 6.07) is 4.41. The summed E-state index contributed by atoms with van der Waals surface area (Å²) in [4.78, 5) is 10.2. The second-order valence-electron chi connectivity index (χ2n) is 3.06. The summed E-state index contributed by atoms with van der Waals surface area (Å²) in [5, 5.41) is 15.8. The van der Waals surface area contributed by atoms with Gasteiger partial charge in [0.05, 0.1) is 10.3 Å². The third-order valence-electron chi connectivity index (χ3n) is 1.99. The van der Waals surface area contributed by atoms with Crippen LogP contribution in [0.25, 0.3) is 11.0 Å². The van der Waals surface area contributed by atoms with Crippen LogP contribution in [-0.4, -0.2) is 22.4 Å². The first-order valence-corrected chi connectivity index (χ1v) is 5.57. The van der Waals surface area contributed by atoms with Crippen molar-refractivity contribution in [1.82, 2.24) is 5.16 Å². The molecular formula is C9H9N3O3S. The predicted molar refractivity (Wildman–Crippen MR) is 60.4 cm³/mol. The second kappa shape index (κ2) is 4.50. The number of nitrogens with two attached hydrogens (primary N) is 1. The van der Waals surface area contributed by atoms with Crippen molar-refractivity contribution in [2.75, 3.05) is 12.3 Å². The first kappa shape index (κ1) is 10.9. The molecule has 0 aliphatic heterocycles. The fraction of sp³-hybridized carbons (Fsp3) is 0.222. The SMILES string of the molecule is NCCSc1noc2ccc([N+](=O)[O-])cc12. The van der Waals surface area contributed by atoms with E-state index in [9.17, 15) is 10.1 Å². The summed E-state index contributed by atoms with van der Waals surface area (Å²) in [5.74, 6) is 0.699. The predicted octanol–water partition coefficient (Wildman–Crippen LogP) is 1.79. The summed E-state index contributed by atoms with van der Waals surface area (Å²) in [7, 11) is 0. The van der Waals surface area contributed by atoms with Gasteiger partial charge < -0.3 is 10.3 Å². The maximum Gasteiger partial charge on any atom is 0.270 e. The number of non-ortho nitro benzene ring substituents is 1. The molecule has 1 aromatic heterocycles. The molecule has 1 aromatic carbocycles. The molecule has 7 heteroatoms. The minimum absolute atomic E-state index is 0.0327. The van der Waals surface area contributed by atoms with Crippen LogP contribution in [0.3, 0.4) is 0 Å². The van der Waals surface area contributed by atoms with Gasteiger partial charge in [-0.05, 0) is 6.07 Å². The number of thioether (sulfide) groups is 1. The lowest BCUT2D eigenvalue weighted by Gasteiger charge is -1.94. The molecule has 0 bridgehead atoms. The number of fused-ring (bicyclic) bond motifs is 1. The molecule has 0 saturated heterocycles. The average Bonchev–Trinajstić information content (AvgIpc) is 2.68. The van der Waals surface area contributed by atoms with Crippen molar-refractivity contribution >= 4 is 28.4 Å². The molecule has 84 valence electrons. The van der Waals surface area contributed by atoms with E-state index in [1.807, 2.05) is 0 Å². The Morgan fingerprint density at radius 3 is 3.06 bits per heavy atom. The van der Waals surface area contributed by atoms with Crippen LogP contribution >= 0.6 is 11.8 Å². The fourth-order valence-corrected chi connectivity index (χ4v) is 1.99. The number of benzene rings is 1. The maximum atomic E-state index is 10.6. The Labute approximate surface area is 94.9 Å². The van der Waals surface area contributed by atoms with Crippen LogP contribution in [0.4, 0.5) is 5.69 Å². The lowest BCUT2D eigenvalue weighted by Crippen LogP contribution is -2.00. The summed E-state index contributed by atoms with van der Waals surface area (Å²) < 4.78 is 5.05. The standard InChI is InChI=1S/C9H9N3O3S/c10-3-4-16-9-7-5-6(12(13)14)1-2-8(7)15-11-9/h1-2,5H,3-4,10H2. The first-order chi connectivity index (χ1) is 7.72. The van der Waals surface area contributed by atoms with E-state index in [1.54, 1.807) is 6.07 Å². The molecule has 0 aliphatic carbocycles. The Bertz CT molecular complexity index is 526. The number of hydrogen-bond donors (Lipinski definition) is 1. The molecule has 0 amide bonds. The molecule has 0 aliphatic rings. The van der Waals surface area contributed by atoms with Gasteiger partial charge in [-0.15, -0.1) is 11.8 Å². The summed E-state index contributed by atoms with van der Waals surface area (Å²) in [6.45, 7) is 0.522. The molecule has 0 saturated carbocycles. The molecule has 0 unspecified atom stereocenters. The number of nitrogens with zero attached hydrogens (tertiary/aromatic N) is 2. The zero-order chi connectivity index (χ0) is 11.5. The Kier molecular flexibility index (Phi) is 3.07. The third-order valence-corrected chi connectivity index (χ3v) is 3.00. The zero-order valence-corrected chi connectivity index (χ0v) is 9.07. The van der Waals surface area contributed by atoms with Crippen LogP contribution in [-0.2, 0) is 0 Å². The quantitative estimate of drug-likeness (QED) is 0.496. The fourth-order valence-electron chi connectivity index (χ4n) is 1.28. The second-order valence-corrected chi connectivity index (χ2v) is 4.15.